The number of hydrogen-bond donors (Lipinski definition) is 2. The zero-order valence-corrected chi connectivity index (χ0v) is 21.0. The van der Waals surface area contributed by atoms with Crippen molar-refractivity contribution >= 4 is 28.4 Å². The van der Waals surface area contributed by atoms with Crippen molar-refractivity contribution in [3.05, 3.63) is 65.7 Å². The number of nitrogens with zero attached hydrogens (tertiary/aromatic N) is 3. The maximum Gasteiger partial charge on any atom is 0.321 e. The third-order valence-corrected chi connectivity index (χ3v) is 9.00. The van der Waals surface area contributed by atoms with Crippen LogP contribution in [0.2, 0.25) is 0 Å². The Balaban J connectivity index is 1.01. The molecular formula is C30H35N5O. The second kappa shape index (κ2) is 8.77. The van der Waals surface area contributed by atoms with Crippen molar-refractivity contribution in [1.29, 1.82) is 0 Å². The Morgan fingerprint density at radius 1 is 0.944 bits per heavy atom. The van der Waals surface area contributed by atoms with Crippen molar-refractivity contribution < 1.29 is 4.79 Å². The van der Waals surface area contributed by atoms with E-state index in [2.05, 4.69) is 45.9 Å². The molecule has 0 spiro atoms. The van der Waals surface area contributed by atoms with Gasteiger partial charge in [0, 0.05) is 42.3 Å². The Morgan fingerprint density at radius 3 is 2.53 bits per heavy atom. The predicted octanol–water partition coefficient (Wildman–Crippen LogP) is 5.96. The van der Waals surface area contributed by atoms with Crippen molar-refractivity contribution in [2.75, 3.05) is 17.7 Å². The molecular weight excluding hydrogens is 446 g/mol. The second-order valence-electron chi connectivity index (χ2n) is 11.3. The summed E-state index contributed by atoms with van der Waals surface area (Å²) in [7, 11) is 1.97. The van der Waals surface area contributed by atoms with Crippen molar-refractivity contribution in [1.82, 2.24) is 14.8 Å². The topological polar surface area (TPSA) is 60.5 Å². The molecule has 2 aliphatic carbocycles. The maximum atomic E-state index is 13.1. The first-order chi connectivity index (χ1) is 17.6. The van der Waals surface area contributed by atoms with E-state index in [1.807, 2.05) is 36.2 Å². The van der Waals surface area contributed by atoms with Crippen LogP contribution in [0.1, 0.15) is 62.1 Å². The predicted molar refractivity (Wildman–Crippen MR) is 144 cm³/mol. The summed E-state index contributed by atoms with van der Waals surface area (Å²) in [5.41, 5.74) is 4.57. The fourth-order valence-corrected chi connectivity index (χ4v) is 7.02. The third-order valence-electron chi connectivity index (χ3n) is 9.00. The summed E-state index contributed by atoms with van der Waals surface area (Å²) in [6, 6.07) is 21.6. The number of anilines is 2. The number of pyridine rings is 1. The first-order valence-electron chi connectivity index (χ1n) is 13.7. The van der Waals surface area contributed by atoms with Gasteiger partial charge < -0.3 is 15.5 Å². The molecule has 2 aliphatic heterocycles. The molecule has 2 saturated heterocycles. The standard InChI is InChI=1S/C30H35N5O/c1-34(25-17-23-11-12-24(18-25)35(23)22-9-10-22)30(36)31-21-8-14-27-20(16-21)7-15-29(32-27)33-28-13-6-19-4-2-3-5-26(19)28/h2-5,7-8,14-16,22-25,28H,6,9-13,17-18H2,1H3,(H,31,36)(H,32,33)/t23-,24+,25-,28-/m1/s1. The molecule has 36 heavy (non-hydrogen) atoms. The summed E-state index contributed by atoms with van der Waals surface area (Å²) in [6.45, 7) is 0. The molecule has 2 bridgehead atoms. The van der Waals surface area contributed by atoms with E-state index in [4.69, 9.17) is 4.98 Å². The first kappa shape index (κ1) is 22.1. The van der Waals surface area contributed by atoms with E-state index in [-0.39, 0.29) is 6.03 Å². The molecule has 4 atom stereocenters. The Morgan fingerprint density at radius 2 is 1.72 bits per heavy atom. The summed E-state index contributed by atoms with van der Waals surface area (Å²) >= 11 is 0. The van der Waals surface area contributed by atoms with E-state index in [0.29, 0.717) is 24.2 Å². The zero-order chi connectivity index (χ0) is 24.2. The van der Waals surface area contributed by atoms with Crippen molar-refractivity contribution in [2.24, 2.45) is 0 Å². The number of aromatic nitrogens is 1. The van der Waals surface area contributed by atoms with E-state index < -0.39 is 0 Å². The van der Waals surface area contributed by atoms with E-state index in [1.54, 1.807) is 0 Å². The molecule has 186 valence electrons. The first-order valence-corrected chi connectivity index (χ1v) is 13.7. The van der Waals surface area contributed by atoms with Crippen LogP contribution in [0.15, 0.2) is 54.6 Å². The molecule has 4 aliphatic rings. The van der Waals surface area contributed by atoms with E-state index in [9.17, 15) is 4.79 Å². The van der Waals surface area contributed by atoms with Crippen molar-refractivity contribution in [3.8, 4) is 0 Å². The lowest BCUT2D eigenvalue weighted by molar-refractivity contribution is 0.0781. The minimum absolute atomic E-state index is 0.00948. The van der Waals surface area contributed by atoms with Gasteiger partial charge >= 0.3 is 6.03 Å². The molecule has 1 saturated carbocycles. The Hall–Kier alpha value is -3.12. The van der Waals surface area contributed by atoms with Gasteiger partial charge in [-0.3, -0.25) is 4.90 Å². The summed E-state index contributed by atoms with van der Waals surface area (Å²) in [6.07, 6.45) is 9.77. The van der Waals surface area contributed by atoms with Crippen LogP contribution in [0.5, 0.6) is 0 Å². The summed E-state index contributed by atoms with van der Waals surface area (Å²) < 4.78 is 0. The molecule has 7 rings (SSSR count). The number of benzene rings is 2. The van der Waals surface area contributed by atoms with Gasteiger partial charge in [-0.05, 0) is 92.8 Å². The summed E-state index contributed by atoms with van der Waals surface area (Å²) in [5, 5.41) is 7.80. The van der Waals surface area contributed by atoms with Crippen LogP contribution in [0.3, 0.4) is 0 Å². The smallest absolute Gasteiger partial charge is 0.321 e. The molecule has 3 heterocycles. The lowest BCUT2D eigenvalue weighted by atomic mass is 9.96. The number of piperidine rings is 1. The molecule has 3 fully saturated rings. The van der Waals surface area contributed by atoms with Crippen molar-refractivity contribution in [3.63, 3.8) is 0 Å². The monoisotopic (exact) mass is 481 g/mol. The van der Waals surface area contributed by atoms with Gasteiger partial charge in [-0.25, -0.2) is 9.78 Å². The Kier molecular flexibility index (Phi) is 5.38. The van der Waals surface area contributed by atoms with Gasteiger partial charge in [0.15, 0.2) is 0 Å². The van der Waals surface area contributed by atoms with Crippen LogP contribution >= 0.6 is 0 Å². The molecule has 0 unspecified atom stereocenters. The lowest BCUT2D eigenvalue weighted by Gasteiger charge is -2.42. The average Bonchev–Trinajstić information content (AvgIpc) is 3.61. The van der Waals surface area contributed by atoms with Gasteiger partial charge in [0.1, 0.15) is 5.82 Å². The normalized spacial score (nSPS) is 27.1. The van der Waals surface area contributed by atoms with Crippen LogP contribution < -0.4 is 10.6 Å². The van der Waals surface area contributed by atoms with Crippen LogP contribution in [-0.4, -0.2) is 52.0 Å². The zero-order valence-electron chi connectivity index (χ0n) is 21.0. The van der Waals surface area contributed by atoms with E-state index in [0.717, 1.165) is 54.1 Å². The van der Waals surface area contributed by atoms with Gasteiger partial charge in [0.05, 0.1) is 11.6 Å². The Bertz CT molecular complexity index is 1290. The summed E-state index contributed by atoms with van der Waals surface area (Å²) in [4.78, 5) is 22.7. The SMILES string of the molecule is CN(C(=O)Nc1ccc2nc(N[C@@H]3CCc4ccccc43)ccc2c1)[C@@H]1C[C@H]2CC[C@@H](C1)N2C1CC1. The molecule has 6 heteroatoms. The number of carbonyl (C=O) groups excluding carboxylic acids is 1. The van der Waals surface area contributed by atoms with Crippen LogP contribution in [0, 0.1) is 0 Å². The highest BCUT2D eigenvalue weighted by Crippen LogP contribution is 2.44. The van der Waals surface area contributed by atoms with Gasteiger partial charge in [-0.1, -0.05) is 24.3 Å². The molecule has 2 amide bonds. The minimum atomic E-state index is -0.00948. The molecule has 6 nitrogen and oxygen atoms in total. The van der Waals surface area contributed by atoms with Crippen LogP contribution in [-0.2, 0) is 6.42 Å². The van der Waals surface area contributed by atoms with Gasteiger partial charge in [0.25, 0.3) is 0 Å². The number of hydrogen-bond acceptors (Lipinski definition) is 4. The quantitative estimate of drug-likeness (QED) is 0.472. The fourth-order valence-electron chi connectivity index (χ4n) is 7.02. The number of carbonyl (C=O) groups is 1. The van der Waals surface area contributed by atoms with Crippen molar-refractivity contribution in [2.45, 2.75) is 81.6 Å². The molecule has 1 aromatic heterocycles. The van der Waals surface area contributed by atoms with Gasteiger partial charge in [-0.15, -0.1) is 0 Å². The maximum absolute atomic E-state index is 13.1. The Labute approximate surface area is 213 Å². The minimum Gasteiger partial charge on any atom is -0.363 e. The molecule has 0 radical (unpaired) electrons. The molecule has 2 aromatic carbocycles. The second-order valence-corrected chi connectivity index (χ2v) is 11.3. The molecule has 3 aromatic rings. The highest BCUT2D eigenvalue weighted by molar-refractivity contribution is 5.93. The highest BCUT2D eigenvalue weighted by atomic mass is 16.2. The van der Waals surface area contributed by atoms with Gasteiger partial charge in [-0.2, -0.15) is 0 Å². The third kappa shape index (κ3) is 4.01. The fraction of sp³-hybridized carbons (Fsp3) is 0.467. The number of rotatable bonds is 5. The number of nitrogens with one attached hydrogen (secondary N) is 2. The van der Waals surface area contributed by atoms with E-state index >= 15 is 0 Å². The van der Waals surface area contributed by atoms with Crippen LogP contribution in [0.25, 0.3) is 10.9 Å². The lowest BCUT2D eigenvalue weighted by Crippen LogP contribution is -2.52. The average molecular weight is 482 g/mol. The number of aryl methyl sites for hydroxylation is 1. The van der Waals surface area contributed by atoms with Gasteiger partial charge in [0.2, 0.25) is 0 Å². The van der Waals surface area contributed by atoms with Crippen LogP contribution in [0.4, 0.5) is 16.3 Å². The highest BCUT2D eigenvalue weighted by Gasteiger charge is 2.48. The van der Waals surface area contributed by atoms with E-state index in [1.165, 1.54) is 36.8 Å². The number of amides is 2. The largest absolute Gasteiger partial charge is 0.363 e. The molecule has 2 N–H and O–H groups in total. The summed E-state index contributed by atoms with van der Waals surface area (Å²) in [5.74, 6) is 0.896. The number of urea groups is 1. The number of fused-ring (bicyclic) bond motifs is 4.